The van der Waals surface area contributed by atoms with Crippen molar-refractivity contribution in [1.82, 2.24) is 25.1 Å². The van der Waals surface area contributed by atoms with Crippen LogP contribution >= 0.6 is 0 Å². The summed E-state index contributed by atoms with van der Waals surface area (Å²) in [5, 5.41) is 6.90. The van der Waals surface area contributed by atoms with E-state index >= 15 is 0 Å². The van der Waals surface area contributed by atoms with Gasteiger partial charge in [0.1, 0.15) is 12.1 Å². The maximum Gasteiger partial charge on any atom is 0.255 e. The molecule has 0 unspecified atom stereocenters. The third-order valence-corrected chi connectivity index (χ3v) is 5.82. The van der Waals surface area contributed by atoms with Crippen molar-refractivity contribution in [3.8, 4) is 28.0 Å². The molecule has 0 saturated carbocycles. The van der Waals surface area contributed by atoms with Gasteiger partial charge in [-0.15, -0.1) is 0 Å². The summed E-state index contributed by atoms with van der Waals surface area (Å²) in [6, 6.07) is 11.8. The number of carbonyl (C=O) groups is 1. The Labute approximate surface area is 179 Å². The molecule has 7 nitrogen and oxygen atoms in total. The van der Waals surface area contributed by atoms with Crippen LogP contribution in [0.15, 0.2) is 67.5 Å². The van der Waals surface area contributed by atoms with E-state index in [9.17, 15) is 4.79 Å². The highest BCUT2D eigenvalue weighted by Gasteiger charge is 2.34. The average Bonchev–Trinajstić information content (AvgIpc) is 3.47. The number of rotatable bonds is 5. The van der Waals surface area contributed by atoms with E-state index in [-0.39, 0.29) is 11.9 Å². The molecule has 2 aromatic heterocycles. The molecule has 4 aromatic rings. The van der Waals surface area contributed by atoms with Crippen molar-refractivity contribution in [3.05, 3.63) is 84.2 Å². The van der Waals surface area contributed by atoms with Crippen molar-refractivity contribution in [3.63, 3.8) is 0 Å². The fraction of sp³-hybridized carbons (Fsp3) is 0.167. The van der Waals surface area contributed by atoms with E-state index in [1.165, 1.54) is 6.33 Å². The van der Waals surface area contributed by atoms with E-state index in [0.717, 1.165) is 39.1 Å². The molecule has 31 heavy (non-hydrogen) atoms. The molecule has 2 aromatic carbocycles. The average molecular weight is 411 g/mol. The number of nitrogens with zero attached hydrogens (tertiary/aromatic N) is 4. The number of carbonyl (C=O) groups excluding carboxylic acids is 1. The van der Waals surface area contributed by atoms with Crippen molar-refractivity contribution in [2.45, 2.75) is 19.5 Å². The van der Waals surface area contributed by atoms with Crippen LogP contribution in [0.1, 0.15) is 34.5 Å². The van der Waals surface area contributed by atoms with Gasteiger partial charge < -0.3 is 9.64 Å². The highest BCUT2D eigenvalue weighted by atomic mass is 16.5. The molecule has 7 heteroatoms. The van der Waals surface area contributed by atoms with Gasteiger partial charge in [-0.05, 0) is 53.4 Å². The van der Waals surface area contributed by atoms with Crippen LogP contribution in [-0.2, 0) is 6.54 Å². The molecule has 154 valence electrons. The number of H-pyrrole nitrogens is 1. The van der Waals surface area contributed by atoms with Gasteiger partial charge in [-0.3, -0.25) is 9.89 Å². The summed E-state index contributed by atoms with van der Waals surface area (Å²) in [6.45, 7) is 2.56. The lowest BCUT2D eigenvalue weighted by Crippen LogP contribution is -2.27. The molecule has 0 saturated heterocycles. The maximum absolute atomic E-state index is 13.5. The van der Waals surface area contributed by atoms with Crippen LogP contribution in [0.5, 0.6) is 5.75 Å². The summed E-state index contributed by atoms with van der Waals surface area (Å²) < 4.78 is 5.36. The lowest BCUT2D eigenvalue weighted by molar-refractivity contribution is 0.0715. The molecule has 0 bridgehead atoms. The Morgan fingerprint density at radius 3 is 2.58 bits per heavy atom. The van der Waals surface area contributed by atoms with E-state index < -0.39 is 0 Å². The van der Waals surface area contributed by atoms with Gasteiger partial charge in [0.15, 0.2) is 0 Å². The maximum atomic E-state index is 13.5. The minimum Gasteiger partial charge on any atom is -0.497 e. The number of hydrogen-bond donors (Lipinski definition) is 1. The van der Waals surface area contributed by atoms with Crippen LogP contribution in [0.2, 0.25) is 0 Å². The number of amides is 1. The van der Waals surface area contributed by atoms with E-state index in [1.807, 2.05) is 48.4 Å². The van der Waals surface area contributed by atoms with Gasteiger partial charge in [0.05, 0.1) is 19.3 Å². The molecule has 1 aliphatic heterocycles. The molecule has 1 atom stereocenters. The highest BCUT2D eigenvalue weighted by Crippen LogP contribution is 2.39. The fourth-order valence-electron chi connectivity index (χ4n) is 4.10. The second kappa shape index (κ2) is 7.68. The lowest BCUT2D eigenvalue weighted by Gasteiger charge is -2.25. The minimum absolute atomic E-state index is 0.00812. The monoisotopic (exact) mass is 411 g/mol. The van der Waals surface area contributed by atoms with E-state index in [0.29, 0.717) is 12.1 Å². The summed E-state index contributed by atoms with van der Waals surface area (Å²) in [5.41, 5.74) is 6.41. The van der Waals surface area contributed by atoms with Gasteiger partial charge in [-0.1, -0.05) is 12.1 Å². The van der Waals surface area contributed by atoms with E-state index in [1.54, 1.807) is 25.7 Å². The Morgan fingerprint density at radius 2 is 1.84 bits per heavy atom. The van der Waals surface area contributed by atoms with Crippen molar-refractivity contribution in [2.75, 3.05) is 7.11 Å². The van der Waals surface area contributed by atoms with Gasteiger partial charge in [-0.2, -0.15) is 5.10 Å². The first-order valence-electron chi connectivity index (χ1n) is 10.0. The van der Waals surface area contributed by atoms with Gasteiger partial charge in [0, 0.05) is 41.8 Å². The molecule has 1 amide bonds. The summed E-state index contributed by atoms with van der Waals surface area (Å²) in [7, 11) is 1.65. The van der Waals surface area contributed by atoms with E-state index in [2.05, 4.69) is 26.2 Å². The summed E-state index contributed by atoms with van der Waals surface area (Å²) >= 11 is 0. The number of aromatic amines is 1. The van der Waals surface area contributed by atoms with Crippen molar-refractivity contribution in [1.29, 1.82) is 0 Å². The van der Waals surface area contributed by atoms with Gasteiger partial charge in [0.25, 0.3) is 5.91 Å². The molecular weight excluding hydrogens is 390 g/mol. The number of aromatic nitrogens is 4. The van der Waals surface area contributed by atoms with Crippen LogP contribution in [0, 0.1) is 0 Å². The Hall–Kier alpha value is -4.00. The van der Waals surface area contributed by atoms with Gasteiger partial charge in [-0.25, -0.2) is 9.97 Å². The molecule has 0 spiro atoms. The molecule has 3 heterocycles. The van der Waals surface area contributed by atoms with Crippen molar-refractivity contribution in [2.24, 2.45) is 0 Å². The number of fused-ring (bicyclic) bond motifs is 1. The molecule has 0 aliphatic carbocycles. The number of benzene rings is 2. The standard InChI is InChI=1S/C24H21N5O2/c1-15(16-4-3-5-20(6-16)31-2)29-13-23-21(19-9-25-14-26-10-19)7-17(8-22(23)24(29)30)18-11-27-28-12-18/h3-12,14-15H,13H2,1-2H3,(H,27,28)/t15-/m1/s1. The first-order chi connectivity index (χ1) is 15.2. The zero-order chi connectivity index (χ0) is 21.4. The third kappa shape index (κ3) is 3.34. The van der Waals surface area contributed by atoms with Crippen LogP contribution in [0.4, 0.5) is 0 Å². The second-order valence-corrected chi connectivity index (χ2v) is 7.55. The first-order valence-corrected chi connectivity index (χ1v) is 10.0. The normalized spacial score (nSPS) is 13.9. The molecule has 0 fully saturated rings. The summed E-state index contributed by atoms with van der Waals surface area (Å²) in [6.07, 6.45) is 8.64. The summed E-state index contributed by atoms with van der Waals surface area (Å²) in [4.78, 5) is 23.8. The number of nitrogens with one attached hydrogen (secondary N) is 1. The highest BCUT2D eigenvalue weighted by molar-refractivity contribution is 6.02. The number of methoxy groups -OCH3 is 1. The van der Waals surface area contributed by atoms with Gasteiger partial charge >= 0.3 is 0 Å². The molecule has 5 rings (SSSR count). The van der Waals surface area contributed by atoms with Crippen LogP contribution in [0.3, 0.4) is 0 Å². The molecular formula is C24H21N5O2. The lowest BCUT2D eigenvalue weighted by atomic mass is 9.94. The topological polar surface area (TPSA) is 84.0 Å². The fourth-order valence-corrected chi connectivity index (χ4v) is 4.10. The molecule has 1 N–H and O–H groups in total. The van der Waals surface area contributed by atoms with Crippen molar-refractivity contribution >= 4 is 5.91 Å². The van der Waals surface area contributed by atoms with Gasteiger partial charge in [0.2, 0.25) is 0 Å². The Balaban J connectivity index is 1.60. The Morgan fingerprint density at radius 1 is 1.03 bits per heavy atom. The zero-order valence-corrected chi connectivity index (χ0v) is 17.2. The Bertz CT molecular complexity index is 1240. The predicted octanol–water partition coefficient (Wildman–Crippen LogP) is 4.26. The zero-order valence-electron chi connectivity index (χ0n) is 17.2. The Kier molecular flexibility index (Phi) is 4.71. The first kappa shape index (κ1) is 19.0. The molecule has 0 radical (unpaired) electrons. The SMILES string of the molecule is COc1cccc([C@@H](C)N2Cc3c(cc(-c4cn[nH]c4)cc3-c3cncnc3)C2=O)c1. The van der Waals surface area contributed by atoms with E-state index in [4.69, 9.17) is 4.74 Å². The summed E-state index contributed by atoms with van der Waals surface area (Å²) in [5.74, 6) is 0.784. The van der Waals surface area contributed by atoms with Crippen molar-refractivity contribution < 1.29 is 9.53 Å². The van der Waals surface area contributed by atoms with Crippen LogP contribution in [-0.4, -0.2) is 38.1 Å². The van der Waals surface area contributed by atoms with Crippen LogP contribution in [0.25, 0.3) is 22.3 Å². The largest absolute Gasteiger partial charge is 0.497 e. The number of ether oxygens (including phenoxy) is 1. The van der Waals surface area contributed by atoms with Crippen LogP contribution < -0.4 is 4.74 Å². The molecule has 1 aliphatic rings. The number of hydrogen-bond acceptors (Lipinski definition) is 5. The minimum atomic E-state index is -0.104. The quantitative estimate of drug-likeness (QED) is 0.530. The third-order valence-electron chi connectivity index (χ3n) is 5.82. The second-order valence-electron chi connectivity index (χ2n) is 7.55. The predicted molar refractivity (Wildman–Crippen MR) is 116 cm³/mol. The smallest absolute Gasteiger partial charge is 0.255 e.